The Hall–Kier alpha value is -3.46. The predicted octanol–water partition coefficient (Wildman–Crippen LogP) is 3.38. The second-order valence-corrected chi connectivity index (χ2v) is 5.86. The van der Waals surface area contributed by atoms with Crippen molar-refractivity contribution in [3.63, 3.8) is 0 Å². The van der Waals surface area contributed by atoms with Crippen molar-refractivity contribution in [1.29, 1.82) is 0 Å². The first kappa shape index (κ1) is 16.4. The number of nitrogens with zero attached hydrogens (tertiary/aromatic N) is 2. The monoisotopic (exact) mass is 357 g/mol. The fourth-order valence-corrected chi connectivity index (χ4v) is 2.83. The molecular formula is C16H11N3O5S. The summed E-state index contributed by atoms with van der Waals surface area (Å²) in [7, 11) is 0. The Morgan fingerprint density at radius 2 is 2.00 bits per heavy atom. The van der Waals surface area contributed by atoms with Crippen LogP contribution in [0.5, 0.6) is 11.5 Å². The molecule has 3 aromatic rings. The largest absolute Gasteiger partial charge is 0.508 e. The third kappa shape index (κ3) is 3.56. The number of carbonyl (C=O) groups excluding carboxylic acids is 1. The molecule has 0 atom stereocenters. The van der Waals surface area contributed by atoms with Crippen LogP contribution in [0.1, 0.15) is 10.4 Å². The van der Waals surface area contributed by atoms with Gasteiger partial charge in [0.25, 0.3) is 5.91 Å². The zero-order valence-electron chi connectivity index (χ0n) is 12.5. The van der Waals surface area contributed by atoms with E-state index < -0.39 is 22.3 Å². The molecule has 2 aromatic carbocycles. The Labute approximate surface area is 145 Å². The van der Waals surface area contributed by atoms with Crippen LogP contribution in [0.2, 0.25) is 0 Å². The number of benzene rings is 2. The maximum Gasteiger partial charge on any atom is 0.310 e. The van der Waals surface area contributed by atoms with Crippen LogP contribution >= 0.6 is 11.3 Å². The van der Waals surface area contributed by atoms with E-state index in [1.165, 1.54) is 17.4 Å². The molecule has 0 unspecified atom stereocenters. The summed E-state index contributed by atoms with van der Waals surface area (Å²) in [6.45, 7) is 0. The van der Waals surface area contributed by atoms with Crippen LogP contribution in [0.3, 0.4) is 0 Å². The fourth-order valence-electron chi connectivity index (χ4n) is 2.12. The van der Waals surface area contributed by atoms with Crippen LogP contribution < -0.4 is 5.32 Å². The van der Waals surface area contributed by atoms with Gasteiger partial charge in [0.05, 0.1) is 10.6 Å². The smallest absolute Gasteiger partial charge is 0.310 e. The van der Waals surface area contributed by atoms with Crippen LogP contribution in [0, 0.1) is 10.1 Å². The van der Waals surface area contributed by atoms with Crippen molar-refractivity contribution in [3.05, 3.63) is 63.5 Å². The highest BCUT2D eigenvalue weighted by Gasteiger charge is 2.17. The number of phenols is 2. The van der Waals surface area contributed by atoms with Gasteiger partial charge < -0.3 is 10.2 Å². The van der Waals surface area contributed by atoms with Crippen LogP contribution in [0.25, 0.3) is 11.3 Å². The van der Waals surface area contributed by atoms with Gasteiger partial charge in [0.1, 0.15) is 5.75 Å². The normalized spacial score (nSPS) is 10.4. The number of aromatic hydroxyl groups is 2. The van der Waals surface area contributed by atoms with Gasteiger partial charge in [-0.3, -0.25) is 20.2 Å². The number of nitro benzene ring substituents is 1. The number of carbonyl (C=O) groups is 1. The first-order valence-corrected chi connectivity index (χ1v) is 7.85. The molecule has 3 rings (SSSR count). The summed E-state index contributed by atoms with van der Waals surface area (Å²) in [6, 6.07) is 9.88. The Bertz CT molecular complexity index is 970. The SMILES string of the molecule is O=C(Nc1nc(-c2cccc(O)c2)cs1)c1ccc([N+](=O)[O-])c(O)c1. The minimum Gasteiger partial charge on any atom is -0.508 e. The molecule has 0 aliphatic carbocycles. The number of phenolic OH excluding ortho intramolecular Hbond substituents is 2. The zero-order valence-corrected chi connectivity index (χ0v) is 13.4. The van der Waals surface area contributed by atoms with E-state index in [9.17, 15) is 25.1 Å². The topological polar surface area (TPSA) is 126 Å². The van der Waals surface area contributed by atoms with Crippen LogP contribution in [0.4, 0.5) is 10.8 Å². The third-order valence-electron chi connectivity index (χ3n) is 3.30. The summed E-state index contributed by atoms with van der Waals surface area (Å²) < 4.78 is 0. The van der Waals surface area contributed by atoms with Gasteiger partial charge in [0.15, 0.2) is 10.9 Å². The molecule has 126 valence electrons. The van der Waals surface area contributed by atoms with Crippen LogP contribution in [0.15, 0.2) is 47.8 Å². The van der Waals surface area contributed by atoms with E-state index in [-0.39, 0.29) is 11.3 Å². The number of hydrogen-bond acceptors (Lipinski definition) is 7. The zero-order chi connectivity index (χ0) is 18.0. The molecule has 0 bridgehead atoms. The van der Waals surface area contributed by atoms with Crippen molar-refractivity contribution in [2.45, 2.75) is 0 Å². The van der Waals surface area contributed by atoms with Crippen molar-refractivity contribution in [2.24, 2.45) is 0 Å². The maximum atomic E-state index is 12.2. The average Bonchev–Trinajstić information content (AvgIpc) is 3.03. The summed E-state index contributed by atoms with van der Waals surface area (Å²) in [5, 5.41) is 34.4. The molecule has 0 saturated heterocycles. The van der Waals surface area contributed by atoms with Crippen molar-refractivity contribution < 1.29 is 19.9 Å². The summed E-state index contributed by atoms with van der Waals surface area (Å²) in [6.07, 6.45) is 0. The molecule has 1 amide bonds. The number of anilines is 1. The molecule has 0 aliphatic heterocycles. The lowest BCUT2D eigenvalue weighted by Crippen LogP contribution is -2.11. The van der Waals surface area contributed by atoms with E-state index in [0.717, 1.165) is 12.1 Å². The Morgan fingerprint density at radius 1 is 1.20 bits per heavy atom. The number of rotatable bonds is 4. The summed E-state index contributed by atoms with van der Waals surface area (Å²) in [5.74, 6) is -1.03. The molecule has 25 heavy (non-hydrogen) atoms. The Kier molecular flexibility index (Phi) is 4.31. The molecule has 0 aliphatic rings. The van der Waals surface area contributed by atoms with Crippen molar-refractivity contribution in [3.8, 4) is 22.8 Å². The summed E-state index contributed by atoms with van der Waals surface area (Å²) >= 11 is 1.19. The quantitative estimate of drug-likeness (QED) is 0.485. The molecule has 8 nitrogen and oxygen atoms in total. The number of hydrogen-bond donors (Lipinski definition) is 3. The highest BCUT2D eigenvalue weighted by atomic mass is 32.1. The standard InChI is InChI=1S/C16H11N3O5S/c20-11-3-1-2-9(6-11)12-8-25-16(17-12)18-15(22)10-4-5-13(19(23)24)14(21)7-10/h1-8,20-21H,(H,17,18,22). The highest BCUT2D eigenvalue weighted by molar-refractivity contribution is 7.14. The minimum atomic E-state index is -0.737. The molecule has 0 radical (unpaired) electrons. The van der Waals surface area contributed by atoms with E-state index in [0.29, 0.717) is 16.4 Å². The van der Waals surface area contributed by atoms with Gasteiger partial charge in [0.2, 0.25) is 0 Å². The minimum absolute atomic E-state index is 0.0669. The van der Waals surface area contributed by atoms with Crippen molar-refractivity contribution >= 4 is 28.1 Å². The number of amides is 1. The summed E-state index contributed by atoms with van der Waals surface area (Å²) in [4.78, 5) is 26.4. The van der Waals surface area contributed by atoms with Crippen molar-refractivity contribution in [2.75, 3.05) is 5.32 Å². The molecule has 9 heteroatoms. The van der Waals surface area contributed by atoms with E-state index >= 15 is 0 Å². The number of aromatic nitrogens is 1. The summed E-state index contributed by atoms with van der Waals surface area (Å²) in [5.41, 5.74) is 0.877. The lowest BCUT2D eigenvalue weighted by Gasteiger charge is -2.03. The molecule has 0 saturated carbocycles. The van der Waals surface area contributed by atoms with Gasteiger partial charge in [0, 0.05) is 22.6 Å². The van der Waals surface area contributed by atoms with Crippen LogP contribution in [-0.2, 0) is 0 Å². The van der Waals surface area contributed by atoms with E-state index in [1.54, 1.807) is 29.6 Å². The molecule has 3 N–H and O–H groups in total. The molecule has 0 spiro atoms. The van der Waals surface area contributed by atoms with Gasteiger partial charge in [-0.2, -0.15) is 0 Å². The Morgan fingerprint density at radius 3 is 2.68 bits per heavy atom. The van der Waals surface area contributed by atoms with E-state index in [1.807, 2.05) is 0 Å². The molecule has 0 fully saturated rings. The molecule has 1 heterocycles. The maximum absolute atomic E-state index is 12.2. The third-order valence-corrected chi connectivity index (χ3v) is 4.06. The second-order valence-electron chi connectivity index (χ2n) is 5.00. The average molecular weight is 357 g/mol. The van der Waals surface area contributed by atoms with Gasteiger partial charge in [-0.05, 0) is 24.3 Å². The highest BCUT2D eigenvalue weighted by Crippen LogP contribution is 2.29. The van der Waals surface area contributed by atoms with E-state index in [2.05, 4.69) is 10.3 Å². The van der Waals surface area contributed by atoms with E-state index in [4.69, 9.17) is 0 Å². The number of nitro groups is 1. The first-order valence-electron chi connectivity index (χ1n) is 6.98. The van der Waals surface area contributed by atoms with Crippen LogP contribution in [-0.4, -0.2) is 26.0 Å². The lowest BCUT2D eigenvalue weighted by atomic mass is 10.2. The molecule has 1 aromatic heterocycles. The van der Waals surface area contributed by atoms with Gasteiger partial charge in [-0.15, -0.1) is 11.3 Å². The number of nitrogens with one attached hydrogen (secondary N) is 1. The second kappa shape index (κ2) is 6.57. The van der Waals surface area contributed by atoms with Gasteiger partial charge in [-0.1, -0.05) is 12.1 Å². The molecular weight excluding hydrogens is 346 g/mol. The predicted molar refractivity (Wildman–Crippen MR) is 91.9 cm³/mol. The van der Waals surface area contributed by atoms with Crippen molar-refractivity contribution in [1.82, 2.24) is 4.98 Å². The first-order chi connectivity index (χ1) is 11.9. The Balaban J connectivity index is 1.78. The lowest BCUT2D eigenvalue weighted by molar-refractivity contribution is -0.385. The fraction of sp³-hybridized carbons (Fsp3) is 0. The number of thiazole rings is 1. The van der Waals surface area contributed by atoms with Gasteiger partial charge in [-0.25, -0.2) is 4.98 Å². The van der Waals surface area contributed by atoms with Gasteiger partial charge >= 0.3 is 5.69 Å².